The molecule has 4 rings (SSSR count). The number of piperazine rings is 1. The molecule has 0 radical (unpaired) electrons. The Labute approximate surface area is 146 Å². The number of rotatable bonds is 3. The van der Waals surface area contributed by atoms with Gasteiger partial charge in [0.1, 0.15) is 0 Å². The standard InChI is InChI=1S/C18H24N4O3/c19-17-13-5-4-12(10-13)16(17)18(23)21-8-6-20(7-9-21)14-2-1-3-15(11-14)22(24)25/h1-3,11-13,16-17H,4-10,19H2. The number of carbonyl (C=O) groups is 1. The van der Waals surface area contributed by atoms with Crippen molar-refractivity contribution in [1.29, 1.82) is 0 Å². The lowest BCUT2D eigenvalue weighted by molar-refractivity contribution is -0.384. The second kappa shape index (κ2) is 6.29. The predicted octanol–water partition coefficient (Wildman–Crippen LogP) is 1.62. The molecule has 0 spiro atoms. The van der Waals surface area contributed by atoms with Gasteiger partial charge in [-0.1, -0.05) is 6.07 Å². The lowest BCUT2D eigenvalue weighted by atomic mass is 9.84. The molecular formula is C18H24N4O3. The minimum Gasteiger partial charge on any atom is -0.368 e. The zero-order chi connectivity index (χ0) is 17.6. The van der Waals surface area contributed by atoms with E-state index in [2.05, 4.69) is 4.90 Å². The average molecular weight is 344 g/mol. The number of fused-ring (bicyclic) bond motifs is 2. The largest absolute Gasteiger partial charge is 0.368 e. The Hall–Kier alpha value is -2.15. The monoisotopic (exact) mass is 344 g/mol. The molecule has 0 aromatic heterocycles. The van der Waals surface area contributed by atoms with Gasteiger partial charge in [-0.05, 0) is 37.2 Å². The van der Waals surface area contributed by atoms with Crippen molar-refractivity contribution in [2.24, 2.45) is 23.5 Å². The molecule has 2 bridgehead atoms. The zero-order valence-electron chi connectivity index (χ0n) is 14.2. The van der Waals surface area contributed by atoms with Crippen molar-refractivity contribution >= 4 is 17.3 Å². The first-order valence-corrected chi connectivity index (χ1v) is 9.08. The zero-order valence-corrected chi connectivity index (χ0v) is 14.2. The first kappa shape index (κ1) is 16.3. The Bertz CT molecular complexity index is 685. The Morgan fingerprint density at radius 1 is 1.16 bits per heavy atom. The van der Waals surface area contributed by atoms with Crippen LogP contribution >= 0.6 is 0 Å². The molecule has 4 unspecified atom stereocenters. The van der Waals surface area contributed by atoms with Crippen LogP contribution in [0.5, 0.6) is 0 Å². The molecule has 7 heteroatoms. The molecule has 2 aliphatic carbocycles. The smallest absolute Gasteiger partial charge is 0.271 e. The van der Waals surface area contributed by atoms with E-state index in [1.807, 2.05) is 11.0 Å². The van der Waals surface area contributed by atoms with Crippen LogP contribution in [0.15, 0.2) is 24.3 Å². The average Bonchev–Trinajstić information content (AvgIpc) is 3.22. The molecule has 2 N–H and O–H groups in total. The van der Waals surface area contributed by atoms with Crippen LogP contribution in [-0.2, 0) is 4.79 Å². The second-order valence-corrected chi connectivity index (χ2v) is 7.53. The fraction of sp³-hybridized carbons (Fsp3) is 0.611. The molecule has 1 heterocycles. The number of non-ortho nitro benzene ring substituents is 1. The molecule has 3 aliphatic rings. The number of nitro benzene ring substituents is 1. The lowest BCUT2D eigenvalue weighted by Crippen LogP contribution is -2.54. The summed E-state index contributed by atoms with van der Waals surface area (Å²) in [6, 6.07) is 6.72. The fourth-order valence-electron chi connectivity index (χ4n) is 4.90. The molecule has 25 heavy (non-hydrogen) atoms. The second-order valence-electron chi connectivity index (χ2n) is 7.53. The van der Waals surface area contributed by atoms with E-state index in [0.717, 1.165) is 18.5 Å². The molecule has 1 saturated heterocycles. The SMILES string of the molecule is NC1C2CCC(C2)C1C(=O)N1CCN(c2cccc([N+](=O)[O-])c2)CC1. The normalized spacial score (nSPS) is 31.4. The van der Waals surface area contributed by atoms with Gasteiger partial charge in [-0.2, -0.15) is 0 Å². The number of nitrogens with two attached hydrogens (primary N) is 1. The summed E-state index contributed by atoms with van der Waals surface area (Å²) in [5.74, 6) is 1.23. The van der Waals surface area contributed by atoms with E-state index in [9.17, 15) is 14.9 Å². The predicted molar refractivity (Wildman–Crippen MR) is 94.2 cm³/mol. The van der Waals surface area contributed by atoms with Gasteiger partial charge in [-0.3, -0.25) is 14.9 Å². The summed E-state index contributed by atoms with van der Waals surface area (Å²) in [4.78, 5) is 27.5. The summed E-state index contributed by atoms with van der Waals surface area (Å²) in [6.45, 7) is 2.70. The number of nitrogens with zero attached hydrogens (tertiary/aromatic N) is 3. The highest BCUT2D eigenvalue weighted by Gasteiger charge is 2.50. The third-order valence-electron chi connectivity index (χ3n) is 6.26. The molecule has 1 aromatic carbocycles. The summed E-state index contributed by atoms with van der Waals surface area (Å²) in [6.07, 6.45) is 3.43. The summed E-state index contributed by atoms with van der Waals surface area (Å²) in [5, 5.41) is 10.9. The van der Waals surface area contributed by atoms with Gasteiger partial charge in [0.05, 0.1) is 10.8 Å². The molecule has 1 aliphatic heterocycles. The van der Waals surface area contributed by atoms with Crippen LogP contribution in [0, 0.1) is 27.9 Å². The van der Waals surface area contributed by atoms with E-state index < -0.39 is 0 Å². The van der Waals surface area contributed by atoms with Crippen LogP contribution in [-0.4, -0.2) is 48.0 Å². The third-order valence-corrected chi connectivity index (χ3v) is 6.26. The van der Waals surface area contributed by atoms with Crippen LogP contribution in [0.4, 0.5) is 11.4 Å². The van der Waals surface area contributed by atoms with E-state index >= 15 is 0 Å². The van der Waals surface area contributed by atoms with Crippen molar-refractivity contribution in [3.05, 3.63) is 34.4 Å². The summed E-state index contributed by atoms with van der Waals surface area (Å²) >= 11 is 0. The number of nitro groups is 1. The van der Waals surface area contributed by atoms with Crippen molar-refractivity contribution in [1.82, 2.24) is 4.90 Å². The Morgan fingerprint density at radius 2 is 1.88 bits per heavy atom. The number of amides is 1. The Kier molecular flexibility index (Phi) is 4.11. The molecule has 7 nitrogen and oxygen atoms in total. The number of hydrogen-bond acceptors (Lipinski definition) is 5. The van der Waals surface area contributed by atoms with Gasteiger partial charge in [0.25, 0.3) is 5.69 Å². The summed E-state index contributed by atoms with van der Waals surface area (Å²) in [5.41, 5.74) is 7.26. The minimum atomic E-state index is -0.375. The van der Waals surface area contributed by atoms with Crippen LogP contribution in [0.25, 0.3) is 0 Å². The topological polar surface area (TPSA) is 92.7 Å². The van der Waals surface area contributed by atoms with Crippen LogP contribution in [0.1, 0.15) is 19.3 Å². The summed E-state index contributed by atoms with van der Waals surface area (Å²) in [7, 11) is 0. The van der Waals surface area contributed by atoms with Crippen molar-refractivity contribution in [2.45, 2.75) is 25.3 Å². The van der Waals surface area contributed by atoms with Gasteiger partial charge in [-0.15, -0.1) is 0 Å². The Balaban J connectivity index is 1.39. The highest BCUT2D eigenvalue weighted by Crippen LogP contribution is 2.48. The molecule has 1 amide bonds. The quantitative estimate of drug-likeness (QED) is 0.664. The van der Waals surface area contributed by atoms with Crippen molar-refractivity contribution in [3.63, 3.8) is 0 Å². The Morgan fingerprint density at radius 3 is 2.52 bits per heavy atom. The number of anilines is 1. The molecule has 2 saturated carbocycles. The highest BCUT2D eigenvalue weighted by atomic mass is 16.6. The summed E-state index contributed by atoms with van der Waals surface area (Å²) < 4.78 is 0. The van der Waals surface area contributed by atoms with Crippen molar-refractivity contribution in [2.75, 3.05) is 31.1 Å². The molecule has 4 atom stereocenters. The first-order chi connectivity index (χ1) is 12.0. The van der Waals surface area contributed by atoms with Gasteiger partial charge in [0, 0.05) is 50.0 Å². The number of hydrogen-bond donors (Lipinski definition) is 1. The number of carbonyl (C=O) groups excluding carboxylic acids is 1. The number of benzene rings is 1. The third kappa shape index (κ3) is 2.86. The van der Waals surface area contributed by atoms with Crippen molar-refractivity contribution in [3.8, 4) is 0 Å². The maximum absolute atomic E-state index is 12.9. The maximum Gasteiger partial charge on any atom is 0.271 e. The van der Waals surface area contributed by atoms with Gasteiger partial charge in [-0.25, -0.2) is 0 Å². The van der Waals surface area contributed by atoms with Crippen molar-refractivity contribution < 1.29 is 9.72 Å². The van der Waals surface area contributed by atoms with Crippen LogP contribution < -0.4 is 10.6 Å². The van der Waals surface area contributed by atoms with Gasteiger partial charge >= 0.3 is 0 Å². The molecule has 1 aromatic rings. The molecular weight excluding hydrogens is 320 g/mol. The van der Waals surface area contributed by atoms with Gasteiger partial charge < -0.3 is 15.5 Å². The minimum absolute atomic E-state index is 0.00288. The van der Waals surface area contributed by atoms with E-state index in [1.165, 1.54) is 12.5 Å². The van der Waals surface area contributed by atoms with E-state index in [-0.39, 0.29) is 28.5 Å². The lowest BCUT2D eigenvalue weighted by Gasteiger charge is -2.39. The van der Waals surface area contributed by atoms with E-state index in [0.29, 0.717) is 38.0 Å². The maximum atomic E-state index is 12.9. The van der Waals surface area contributed by atoms with E-state index in [4.69, 9.17) is 5.73 Å². The van der Waals surface area contributed by atoms with Crippen LogP contribution in [0.2, 0.25) is 0 Å². The molecule has 3 fully saturated rings. The first-order valence-electron chi connectivity index (χ1n) is 9.08. The van der Waals surface area contributed by atoms with Gasteiger partial charge in [0.15, 0.2) is 0 Å². The highest BCUT2D eigenvalue weighted by molar-refractivity contribution is 5.81. The fourth-order valence-corrected chi connectivity index (χ4v) is 4.90. The van der Waals surface area contributed by atoms with Gasteiger partial charge in [0.2, 0.25) is 5.91 Å². The van der Waals surface area contributed by atoms with Crippen LogP contribution in [0.3, 0.4) is 0 Å². The molecule has 134 valence electrons. The van der Waals surface area contributed by atoms with E-state index in [1.54, 1.807) is 12.1 Å².